The minimum absolute atomic E-state index is 0.0929. The van der Waals surface area contributed by atoms with Gasteiger partial charge in [-0.15, -0.1) is 0 Å². The molecule has 0 aromatic carbocycles. The van der Waals surface area contributed by atoms with Crippen LogP contribution in [0.25, 0.3) is 0 Å². The van der Waals surface area contributed by atoms with Gasteiger partial charge in [0.1, 0.15) is 5.78 Å². The van der Waals surface area contributed by atoms with E-state index in [1.165, 1.54) is 11.1 Å². The Bertz CT molecular complexity index is 524. The van der Waals surface area contributed by atoms with Gasteiger partial charge in [0, 0.05) is 12.3 Å². The molecule has 2 aliphatic carbocycles. The number of allylic oxidation sites excluding steroid dienone is 2. The molecule has 3 heteroatoms. The number of carbonyl (C=O) groups excluding carboxylic acids is 1. The molecule has 1 fully saturated rings. The van der Waals surface area contributed by atoms with Crippen LogP contribution in [0.5, 0.6) is 0 Å². The van der Waals surface area contributed by atoms with Gasteiger partial charge < -0.3 is 4.43 Å². The van der Waals surface area contributed by atoms with Crippen molar-refractivity contribution >= 4 is 14.1 Å². The summed E-state index contributed by atoms with van der Waals surface area (Å²) in [7, 11) is -1.89. The average molecular weight is 321 g/mol. The summed E-state index contributed by atoms with van der Waals surface area (Å²) in [5.74, 6) is 0.769. The summed E-state index contributed by atoms with van der Waals surface area (Å²) in [5, 5.41) is 0.177. The standard InChI is InChI=1S/C19H32O2Si/c1-9-15-14(3)19(21-22(7,8)18(4,5)6)11-10-17(20)13(2)16(15)12-19/h9,13,16H,1,10-12H2,2-8H3/t13-,16-,19+/m0/s1. The molecular weight excluding hydrogens is 288 g/mol. The van der Waals surface area contributed by atoms with Gasteiger partial charge in [-0.3, -0.25) is 4.79 Å². The van der Waals surface area contributed by atoms with Crippen molar-refractivity contribution in [3.63, 3.8) is 0 Å². The van der Waals surface area contributed by atoms with E-state index in [4.69, 9.17) is 4.43 Å². The highest BCUT2D eigenvalue weighted by Crippen LogP contribution is 2.53. The Morgan fingerprint density at radius 1 is 1.36 bits per heavy atom. The number of hydrogen-bond acceptors (Lipinski definition) is 2. The molecule has 0 aromatic rings. The normalized spacial score (nSPS) is 33.1. The van der Waals surface area contributed by atoms with Crippen LogP contribution in [-0.4, -0.2) is 19.7 Å². The van der Waals surface area contributed by atoms with E-state index < -0.39 is 8.32 Å². The quantitative estimate of drug-likeness (QED) is 0.662. The topological polar surface area (TPSA) is 26.3 Å². The molecule has 124 valence electrons. The fourth-order valence-corrected chi connectivity index (χ4v) is 5.41. The molecule has 0 unspecified atom stereocenters. The van der Waals surface area contributed by atoms with Gasteiger partial charge in [0.15, 0.2) is 8.32 Å². The summed E-state index contributed by atoms with van der Waals surface area (Å²) in [5.41, 5.74) is 2.35. The third-order valence-electron chi connectivity index (χ3n) is 6.43. The maximum atomic E-state index is 12.4. The maximum Gasteiger partial charge on any atom is 0.193 e. The van der Waals surface area contributed by atoms with E-state index in [9.17, 15) is 4.79 Å². The molecule has 0 heterocycles. The summed E-state index contributed by atoms with van der Waals surface area (Å²) in [6.45, 7) is 19.7. The second-order valence-electron chi connectivity index (χ2n) is 8.71. The summed E-state index contributed by atoms with van der Waals surface area (Å²) in [4.78, 5) is 12.4. The zero-order chi connectivity index (χ0) is 16.9. The van der Waals surface area contributed by atoms with Crippen molar-refractivity contribution in [2.45, 2.75) is 77.6 Å². The molecule has 22 heavy (non-hydrogen) atoms. The van der Waals surface area contributed by atoms with Crippen molar-refractivity contribution in [1.29, 1.82) is 0 Å². The Hall–Kier alpha value is -0.673. The van der Waals surface area contributed by atoms with Crippen LogP contribution in [0.2, 0.25) is 18.1 Å². The van der Waals surface area contributed by atoms with Crippen molar-refractivity contribution in [1.82, 2.24) is 0 Å². The zero-order valence-electron chi connectivity index (χ0n) is 15.4. The molecule has 0 saturated heterocycles. The van der Waals surface area contributed by atoms with Crippen LogP contribution in [0.1, 0.15) is 53.9 Å². The first kappa shape index (κ1) is 17.7. The lowest BCUT2D eigenvalue weighted by atomic mass is 9.85. The average Bonchev–Trinajstić information content (AvgIpc) is 2.59. The Morgan fingerprint density at radius 2 is 1.95 bits per heavy atom. The van der Waals surface area contributed by atoms with Gasteiger partial charge >= 0.3 is 0 Å². The first-order valence-electron chi connectivity index (χ1n) is 8.52. The van der Waals surface area contributed by atoms with E-state index in [-0.39, 0.29) is 22.5 Å². The van der Waals surface area contributed by atoms with E-state index >= 15 is 0 Å². The van der Waals surface area contributed by atoms with E-state index in [1.807, 2.05) is 6.08 Å². The van der Waals surface area contributed by atoms with Gasteiger partial charge in [0.05, 0.1) is 5.60 Å². The van der Waals surface area contributed by atoms with Crippen molar-refractivity contribution in [2.24, 2.45) is 11.8 Å². The molecule has 2 bridgehead atoms. The molecule has 3 atom stereocenters. The van der Waals surface area contributed by atoms with Crippen molar-refractivity contribution in [3.8, 4) is 0 Å². The zero-order valence-corrected chi connectivity index (χ0v) is 16.4. The second-order valence-corrected chi connectivity index (χ2v) is 13.4. The monoisotopic (exact) mass is 320 g/mol. The van der Waals surface area contributed by atoms with Gasteiger partial charge in [-0.2, -0.15) is 0 Å². The molecular formula is C19H32O2Si. The predicted octanol–water partition coefficient (Wildman–Crippen LogP) is 5.27. The highest BCUT2D eigenvalue weighted by atomic mass is 28.4. The molecule has 2 aliphatic rings. The smallest absolute Gasteiger partial charge is 0.193 e. The van der Waals surface area contributed by atoms with Crippen LogP contribution in [0.15, 0.2) is 23.8 Å². The Morgan fingerprint density at radius 3 is 2.45 bits per heavy atom. The van der Waals surface area contributed by atoms with Crippen molar-refractivity contribution < 1.29 is 9.22 Å². The molecule has 0 amide bonds. The number of fused-ring (bicyclic) bond motifs is 2. The van der Waals surface area contributed by atoms with E-state index in [0.717, 1.165) is 12.8 Å². The molecule has 0 N–H and O–H groups in total. The highest BCUT2D eigenvalue weighted by molar-refractivity contribution is 6.74. The van der Waals surface area contributed by atoms with E-state index in [0.29, 0.717) is 12.2 Å². The van der Waals surface area contributed by atoms with E-state index in [2.05, 4.69) is 54.3 Å². The molecule has 0 spiro atoms. The molecule has 2 rings (SSSR count). The van der Waals surface area contributed by atoms with Gasteiger partial charge in [0.2, 0.25) is 0 Å². The number of Topliss-reactive ketones (excluding diaryl/α,β-unsaturated/α-hetero) is 1. The van der Waals surface area contributed by atoms with Gasteiger partial charge in [-0.25, -0.2) is 0 Å². The van der Waals surface area contributed by atoms with Crippen LogP contribution in [0.4, 0.5) is 0 Å². The third-order valence-corrected chi connectivity index (χ3v) is 10.9. The third kappa shape index (κ3) is 2.67. The Balaban J connectivity index is 2.47. The SMILES string of the molecule is C=CC1=C(C)[C@@]2(O[Si](C)(C)C(C)(C)C)CCC(=O)[C@@H](C)[C@@H]1C2. The lowest BCUT2D eigenvalue weighted by Crippen LogP contribution is -2.49. The van der Waals surface area contributed by atoms with Gasteiger partial charge in [-0.1, -0.05) is 40.3 Å². The maximum absolute atomic E-state index is 12.4. The first-order chi connectivity index (χ1) is 9.95. The molecule has 0 aromatic heterocycles. The molecule has 1 saturated carbocycles. The highest BCUT2D eigenvalue weighted by Gasteiger charge is 2.53. The van der Waals surface area contributed by atoms with Crippen molar-refractivity contribution in [2.75, 3.05) is 0 Å². The molecule has 0 aliphatic heterocycles. The Kier molecular flexibility index (Phi) is 4.38. The van der Waals surface area contributed by atoms with Crippen LogP contribution in [-0.2, 0) is 9.22 Å². The Labute approximate surface area is 137 Å². The second kappa shape index (κ2) is 5.45. The van der Waals surface area contributed by atoms with Gasteiger partial charge in [-0.05, 0) is 55.0 Å². The minimum Gasteiger partial charge on any atom is -0.408 e. The molecule has 2 nitrogen and oxygen atoms in total. The fraction of sp³-hybridized carbons (Fsp3) is 0.737. The summed E-state index contributed by atoms with van der Waals surface area (Å²) < 4.78 is 6.92. The summed E-state index contributed by atoms with van der Waals surface area (Å²) >= 11 is 0. The van der Waals surface area contributed by atoms with Crippen LogP contribution in [0, 0.1) is 11.8 Å². The number of ketones is 1. The lowest BCUT2D eigenvalue weighted by molar-refractivity contribution is -0.123. The molecule has 0 radical (unpaired) electrons. The summed E-state index contributed by atoms with van der Waals surface area (Å²) in [6.07, 6.45) is 4.40. The first-order valence-corrected chi connectivity index (χ1v) is 11.4. The van der Waals surface area contributed by atoms with E-state index in [1.54, 1.807) is 0 Å². The summed E-state index contributed by atoms with van der Waals surface area (Å²) in [6, 6.07) is 0. The van der Waals surface area contributed by atoms with Gasteiger partial charge in [0.25, 0.3) is 0 Å². The largest absolute Gasteiger partial charge is 0.408 e. The predicted molar refractivity (Wildman–Crippen MR) is 95.4 cm³/mol. The number of carbonyl (C=O) groups is 1. The van der Waals surface area contributed by atoms with Crippen LogP contribution < -0.4 is 0 Å². The van der Waals surface area contributed by atoms with Crippen LogP contribution >= 0.6 is 0 Å². The fourth-order valence-electron chi connectivity index (χ4n) is 3.79. The number of hydrogen-bond donors (Lipinski definition) is 0. The number of rotatable bonds is 3. The van der Waals surface area contributed by atoms with Crippen LogP contribution in [0.3, 0.4) is 0 Å². The minimum atomic E-state index is -1.89. The lowest BCUT2D eigenvalue weighted by Gasteiger charge is -2.45. The van der Waals surface area contributed by atoms with Crippen molar-refractivity contribution in [3.05, 3.63) is 23.8 Å².